The first-order chi connectivity index (χ1) is 16.8. The van der Waals surface area contributed by atoms with Gasteiger partial charge in [-0.1, -0.05) is 59.6 Å². The molecule has 0 bridgehead atoms. The fourth-order valence-electron chi connectivity index (χ4n) is 4.10. The Kier molecular flexibility index (Phi) is 6.74. The van der Waals surface area contributed by atoms with Crippen LogP contribution in [0.2, 0.25) is 10.0 Å². The fourth-order valence-corrected chi connectivity index (χ4v) is 4.60. The Labute approximate surface area is 211 Å². The van der Waals surface area contributed by atoms with Crippen LogP contribution in [0.15, 0.2) is 77.9 Å². The molecule has 0 fully saturated rings. The lowest BCUT2D eigenvalue weighted by atomic mass is 9.75. The summed E-state index contributed by atoms with van der Waals surface area (Å²) in [5.74, 6) is -1.71. The van der Waals surface area contributed by atoms with Gasteiger partial charge in [-0.2, -0.15) is 10.4 Å². The lowest BCUT2D eigenvalue weighted by Gasteiger charge is -2.34. The van der Waals surface area contributed by atoms with Crippen LogP contribution in [-0.2, 0) is 9.53 Å². The van der Waals surface area contributed by atoms with Gasteiger partial charge in [0.05, 0.1) is 33.9 Å². The number of anilines is 1. The third kappa shape index (κ3) is 4.20. The van der Waals surface area contributed by atoms with Gasteiger partial charge in [-0.3, -0.25) is 10.1 Å². The summed E-state index contributed by atoms with van der Waals surface area (Å²) in [6, 6.07) is 21.4. The molecule has 0 N–H and O–H groups in total. The van der Waals surface area contributed by atoms with Crippen molar-refractivity contribution in [2.75, 3.05) is 11.6 Å². The van der Waals surface area contributed by atoms with E-state index >= 15 is 0 Å². The molecule has 0 aliphatic carbocycles. The molecule has 1 aliphatic heterocycles. The van der Waals surface area contributed by atoms with Gasteiger partial charge in [0, 0.05) is 22.7 Å². The minimum atomic E-state index is -1.95. The van der Waals surface area contributed by atoms with Crippen LogP contribution in [0, 0.1) is 21.4 Å². The van der Waals surface area contributed by atoms with Crippen molar-refractivity contribution in [3.8, 4) is 6.07 Å². The third-order valence-corrected chi connectivity index (χ3v) is 6.18. The number of hydrazone groups is 1. The van der Waals surface area contributed by atoms with E-state index in [1.165, 1.54) is 29.3 Å². The van der Waals surface area contributed by atoms with Gasteiger partial charge >= 0.3 is 5.97 Å². The summed E-state index contributed by atoms with van der Waals surface area (Å²) in [5.41, 5.74) is -0.325. The Hall–Kier alpha value is -3.93. The van der Waals surface area contributed by atoms with Crippen molar-refractivity contribution < 1.29 is 14.5 Å². The van der Waals surface area contributed by atoms with Gasteiger partial charge in [0.25, 0.3) is 11.2 Å². The minimum absolute atomic E-state index is 0.0366. The van der Waals surface area contributed by atoms with E-state index in [1.807, 2.05) is 6.07 Å². The largest absolute Gasteiger partial charge is 0.463 e. The highest BCUT2D eigenvalue weighted by Crippen LogP contribution is 2.46. The van der Waals surface area contributed by atoms with Crippen LogP contribution in [0.25, 0.3) is 0 Å². The van der Waals surface area contributed by atoms with Crippen LogP contribution in [0.5, 0.6) is 0 Å². The third-order valence-electron chi connectivity index (χ3n) is 5.64. The molecule has 2 atom stereocenters. The zero-order chi connectivity index (χ0) is 25.2. The molecule has 0 saturated heterocycles. The number of non-ortho nitro benzene ring substituents is 1. The SMILES string of the molecule is CCOC(=O)[C@]1(C#N)[C@@H](c2ccccc2)C(c2ccc(Cl)cc2Cl)=NN1c1ccc([N+](=O)[O-])cc1. The number of rotatable bonds is 6. The van der Waals surface area contributed by atoms with Gasteiger partial charge in [0.15, 0.2) is 0 Å². The summed E-state index contributed by atoms with van der Waals surface area (Å²) in [7, 11) is 0. The molecule has 4 rings (SSSR count). The van der Waals surface area contributed by atoms with Crippen molar-refractivity contribution in [1.82, 2.24) is 0 Å². The van der Waals surface area contributed by atoms with Crippen LogP contribution < -0.4 is 5.01 Å². The molecule has 176 valence electrons. The molecular weight excluding hydrogens is 491 g/mol. The van der Waals surface area contributed by atoms with E-state index in [-0.39, 0.29) is 12.3 Å². The molecule has 1 heterocycles. The van der Waals surface area contributed by atoms with E-state index in [9.17, 15) is 20.2 Å². The van der Waals surface area contributed by atoms with E-state index in [0.717, 1.165) is 0 Å². The lowest BCUT2D eigenvalue weighted by Crippen LogP contribution is -2.54. The van der Waals surface area contributed by atoms with E-state index in [1.54, 1.807) is 49.4 Å². The second-order valence-corrected chi connectivity index (χ2v) is 8.48. The fraction of sp³-hybridized carbons (Fsp3) is 0.160. The molecule has 10 heteroatoms. The highest BCUT2D eigenvalue weighted by molar-refractivity contribution is 6.37. The number of halogens is 2. The smallest absolute Gasteiger partial charge is 0.350 e. The number of esters is 1. The highest BCUT2D eigenvalue weighted by Gasteiger charge is 2.60. The molecule has 0 amide bonds. The zero-order valence-corrected chi connectivity index (χ0v) is 19.9. The van der Waals surface area contributed by atoms with Crippen LogP contribution in [0.1, 0.15) is 24.0 Å². The number of nitrogens with zero attached hydrogens (tertiary/aromatic N) is 4. The van der Waals surface area contributed by atoms with Gasteiger partial charge < -0.3 is 4.74 Å². The Balaban J connectivity index is 2.01. The number of benzene rings is 3. The second-order valence-electron chi connectivity index (χ2n) is 7.64. The maximum atomic E-state index is 13.5. The second kappa shape index (κ2) is 9.74. The number of carbonyl (C=O) groups is 1. The van der Waals surface area contributed by atoms with Gasteiger partial charge in [-0.05, 0) is 36.8 Å². The van der Waals surface area contributed by atoms with Gasteiger partial charge in [-0.15, -0.1) is 0 Å². The van der Waals surface area contributed by atoms with Crippen molar-refractivity contribution in [3.63, 3.8) is 0 Å². The molecule has 1 aliphatic rings. The monoisotopic (exact) mass is 508 g/mol. The standard InChI is InChI=1S/C25H18Cl2N4O4/c1-2-35-24(32)25(15-28)22(16-6-4-3-5-7-16)23(20-13-8-17(26)14-21(20)27)29-30(25)18-9-11-19(12-10-18)31(33)34/h3-14,22H,2H2,1H3/t22-,25-/m0/s1. The summed E-state index contributed by atoms with van der Waals surface area (Å²) < 4.78 is 5.38. The molecule has 0 radical (unpaired) electrons. The molecule has 8 nitrogen and oxygen atoms in total. The van der Waals surface area contributed by atoms with Crippen molar-refractivity contribution in [2.45, 2.75) is 18.4 Å². The Morgan fingerprint density at radius 2 is 1.86 bits per heavy atom. The zero-order valence-electron chi connectivity index (χ0n) is 18.4. The molecule has 3 aromatic carbocycles. The van der Waals surface area contributed by atoms with Crippen LogP contribution in [0.4, 0.5) is 11.4 Å². The van der Waals surface area contributed by atoms with Crippen LogP contribution in [0.3, 0.4) is 0 Å². The van der Waals surface area contributed by atoms with Crippen LogP contribution >= 0.6 is 23.2 Å². The van der Waals surface area contributed by atoms with Gasteiger partial charge in [0.1, 0.15) is 6.07 Å². The van der Waals surface area contributed by atoms with Crippen LogP contribution in [-0.4, -0.2) is 28.8 Å². The topological polar surface area (TPSA) is 109 Å². The van der Waals surface area contributed by atoms with Gasteiger partial charge in [-0.25, -0.2) is 9.80 Å². The van der Waals surface area contributed by atoms with Crippen molar-refractivity contribution in [1.29, 1.82) is 5.26 Å². The summed E-state index contributed by atoms with van der Waals surface area (Å²) in [4.78, 5) is 24.2. The molecule has 3 aromatic rings. The normalized spacial score (nSPS) is 19.1. The van der Waals surface area contributed by atoms with Crippen molar-refractivity contribution >= 4 is 46.3 Å². The first kappa shape index (κ1) is 24.2. The maximum absolute atomic E-state index is 13.5. The summed E-state index contributed by atoms with van der Waals surface area (Å²) in [6.45, 7) is 1.68. The number of carbonyl (C=O) groups excluding carboxylic acids is 1. The van der Waals surface area contributed by atoms with E-state index in [2.05, 4.69) is 6.07 Å². The first-order valence-corrected chi connectivity index (χ1v) is 11.3. The summed E-state index contributed by atoms with van der Waals surface area (Å²) in [6.07, 6.45) is 0. The number of hydrogen-bond acceptors (Lipinski definition) is 7. The van der Waals surface area contributed by atoms with Crippen molar-refractivity contribution in [2.24, 2.45) is 5.10 Å². The Morgan fingerprint density at radius 3 is 2.43 bits per heavy atom. The van der Waals surface area contributed by atoms with E-state index in [0.29, 0.717) is 32.6 Å². The molecule has 0 unspecified atom stereocenters. The van der Waals surface area contributed by atoms with E-state index in [4.69, 9.17) is 33.0 Å². The van der Waals surface area contributed by atoms with E-state index < -0.39 is 22.3 Å². The quantitative estimate of drug-likeness (QED) is 0.238. The number of nitro benzene ring substituents is 1. The molecule has 0 spiro atoms. The predicted molar refractivity (Wildman–Crippen MR) is 133 cm³/mol. The summed E-state index contributed by atoms with van der Waals surface area (Å²) in [5, 5.41) is 28.4. The predicted octanol–water partition coefficient (Wildman–Crippen LogP) is 5.74. The Bertz CT molecular complexity index is 1360. The maximum Gasteiger partial charge on any atom is 0.350 e. The highest BCUT2D eigenvalue weighted by atomic mass is 35.5. The lowest BCUT2D eigenvalue weighted by molar-refractivity contribution is -0.384. The average Bonchev–Trinajstić information content (AvgIpc) is 3.20. The summed E-state index contributed by atoms with van der Waals surface area (Å²) >= 11 is 12.6. The first-order valence-electron chi connectivity index (χ1n) is 10.6. The van der Waals surface area contributed by atoms with Gasteiger partial charge in [0.2, 0.25) is 0 Å². The number of nitro groups is 1. The molecular formula is C25H18Cl2N4O4. The number of nitriles is 1. The number of hydrogen-bond donors (Lipinski definition) is 0. The molecule has 0 aromatic heterocycles. The van der Waals surface area contributed by atoms with Crippen molar-refractivity contribution in [3.05, 3.63) is 104 Å². The molecule has 35 heavy (non-hydrogen) atoms. The minimum Gasteiger partial charge on any atom is -0.463 e. The average molecular weight is 509 g/mol. The molecule has 0 saturated carbocycles. The number of ether oxygens (including phenoxy) is 1. The Morgan fingerprint density at radius 1 is 1.17 bits per heavy atom.